The van der Waals surface area contributed by atoms with Crippen molar-refractivity contribution in [3.63, 3.8) is 0 Å². The molecule has 4 heteroatoms. The summed E-state index contributed by atoms with van der Waals surface area (Å²) in [7, 11) is 0. The highest BCUT2D eigenvalue weighted by atomic mass is 16.5. The number of hydrogen-bond donors (Lipinski definition) is 0. The quantitative estimate of drug-likeness (QED) is 0.555. The maximum absolute atomic E-state index is 11.8. The van der Waals surface area contributed by atoms with Crippen LogP contribution >= 0.6 is 0 Å². The molecule has 0 saturated heterocycles. The maximum atomic E-state index is 11.8. The number of esters is 1. The fourth-order valence-corrected chi connectivity index (χ4v) is 2.33. The third-order valence-corrected chi connectivity index (χ3v) is 3.37. The first-order valence-electron chi connectivity index (χ1n) is 7.84. The van der Waals surface area contributed by atoms with Crippen LogP contribution < -0.4 is 0 Å². The Labute approximate surface area is 132 Å². The third-order valence-electron chi connectivity index (χ3n) is 3.37. The van der Waals surface area contributed by atoms with Crippen LogP contribution in [0.5, 0.6) is 0 Å². The van der Waals surface area contributed by atoms with Crippen molar-refractivity contribution in [2.24, 2.45) is 5.92 Å². The van der Waals surface area contributed by atoms with Gasteiger partial charge in [-0.05, 0) is 29.5 Å². The van der Waals surface area contributed by atoms with E-state index in [9.17, 15) is 4.79 Å². The second-order valence-electron chi connectivity index (χ2n) is 5.93. The molecule has 2 rings (SSSR count). The van der Waals surface area contributed by atoms with Gasteiger partial charge in [0.05, 0.1) is 13.0 Å². The van der Waals surface area contributed by atoms with Gasteiger partial charge < -0.3 is 4.74 Å². The zero-order valence-electron chi connectivity index (χ0n) is 13.4. The molecule has 2 aromatic rings. The molecule has 0 radical (unpaired) electrons. The normalized spacial score (nSPS) is 10.9. The Balaban J connectivity index is 1.68. The summed E-state index contributed by atoms with van der Waals surface area (Å²) in [6, 6.07) is 10.1. The fraction of sp³-hybridized carbons (Fsp3) is 0.444. The SMILES string of the molecule is CC(C)Cc1ccc(CC(=O)OCCCn2cccn2)cc1. The van der Waals surface area contributed by atoms with Crippen LogP contribution in [0.15, 0.2) is 42.7 Å². The Hall–Kier alpha value is -2.10. The summed E-state index contributed by atoms with van der Waals surface area (Å²) < 4.78 is 7.09. The lowest BCUT2D eigenvalue weighted by atomic mass is 10.0. The molecule has 0 spiro atoms. The molecule has 0 atom stereocenters. The molecule has 0 N–H and O–H groups in total. The van der Waals surface area contributed by atoms with E-state index in [1.165, 1.54) is 5.56 Å². The lowest BCUT2D eigenvalue weighted by molar-refractivity contribution is -0.143. The number of ether oxygens (including phenoxy) is 1. The smallest absolute Gasteiger partial charge is 0.310 e. The van der Waals surface area contributed by atoms with Crippen molar-refractivity contribution in [1.29, 1.82) is 0 Å². The van der Waals surface area contributed by atoms with Crippen LogP contribution in [0.3, 0.4) is 0 Å². The van der Waals surface area contributed by atoms with Crippen molar-refractivity contribution < 1.29 is 9.53 Å². The van der Waals surface area contributed by atoms with E-state index in [2.05, 4.69) is 31.1 Å². The zero-order valence-corrected chi connectivity index (χ0v) is 13.4. The molecule has 0 amide bonds. The van der Waals surface area contributed by atoms with E-state index in [1.807, 2.05) is 29.1 Å². The van der Waals surface area contributed by atoms with E-state index in [1.54, 1.807) is 6.20 Å². The van der Waals surface area contributed by atoms with Crippen molar-refractivity contribution in [2.45, 2.75) is 39.7 Å². The zero-order chi connectivity index (χ0) is 15.8. The number of nitrogens with zero attached hydrogens (tertiary/aromatic N) is 2. The van der Waals surface area contributed by atoms with Gasteiger partial charge in [-0.25, -0.2) is 0 Å². The van der Waals surface area contributed by atoms with Crippen molar-refractivity contribution in [3.05, 3.63) is 53.9 Å². The van der Waals surface area contributed by atoms with Crippen LogP contribution in [0, 0.1) is 5.92 Å². The van der Waals surface area contributed by atoms with Crippen LogP contribution in [0.2, 0.25) is 0 Å². The average Bonchev–Trinajstić information content (AvgIpc) is 2.98. The molecule has 0 aliphatic carbocycles. The van der Waals surface area contributed by atoms with Gasteiger partial charge in [0.15, 0.2) is 0 Å². The van der Waals surface area contributed by atoms with Crippen LogP contribution in [0.4, 0.5) is 0 Å². The summed E-state index contributed by atoms with van der Waals surface area (Å²) in [6.07, 6.45) is 5.83. The predicted octanol–water partition coefficient (Wildman–Crippen LogP) is 3.26. The van der Waals surface area contributed by atoms with Crippen LogP contribution in [0.25, 0.3) is 0 Å². The molecule has 0 aliphatic rings. The molecule has 22 heavy (non-hydrogen) atoms. The minimum absolute atomic E-state index is 0.169. The predicted molar refractivity (Wildman–Crippen MR) is 86.5 cm³/mol. The topological polar surface area (TPSA) is 44.1 Å². The summed E-state index contributed by atoms with van der Waals surface area (Å²) in [5, 5.41) is 4.11. The molecule has 0 fully saturated rings. The molecular weight excluding hydrogens is 276 g/mol. The first kappa shape index (κ1) is 16.3. The van der Waals surface area contributed by atoms with Crippen LogP contribution in [-0.4, -0.2) is 22.4 Å². The molecule has 118 valence electrons. The Bertz CT molecular complexity index is 559. The van der Waals surface area contributed by atoms with Gasteiger partial charge in [0.2, 0.25) is 0 Å². The highest BCUT2D eigenvalue weighted by Crippen LogP contribution is 2.10. The molecular formula is C18H24N2O2. The summed E-state index contributed by atoms with van der Waals surface area (Å²) >= 11 is 0. The summed E-state index contributed by atoms with van der Waals surface area (Å²) in [6.45, 7) is 5.61. The lowest BCUT2D eigenvalue weighted by Crippen LogP contribution is -2.11. The number of carbonyl (C=O) groups excluding carboxylic acids is 1. The highest BCUT2D eigenvalue weighted by Gasteiger charge is 2.05. The number of carbonyl (C=O) groups is 1. The Morgan fingerprint density at radius 2 is 1.95 bits per heavy atom. The van der Waals surface area contributed by atoms with Crippen LogP contribution in [-0.2, 0) is 28.9 Å². The Kier molecular flexibility index (Phi) is 6.19. The van der Waals surface area contributed by atoms with Crippen molar-refractivity contribution >= 4 is 5.97 Å². The number of aryl methyl sites for hydroxylation is 1. The Morgan fingerprint density at radius 1 is 1.23 bits per heavy atom. The molecule has 1 aromatic carbocycles. The van der Waals surface area contributed by atoms with E-state index < -0.39 is 0 Å². The second kappa shape index (κ2) is 8.37. The second-order valence-corrected chi connectivity index (χ2v) is 5.93. The van der Waals surface area contributed by atoms with E-state index >= 15 is 0 Å². The van der Waals surface area contributed by atoms with Gasteiger partial charge in [0, 0.05) is 25.4 Å². The van der Waals surface area contributed by atoms with Crippen molar-refractivity contribution in [1.82, 2.24) is 9.78 Å². The molecule has 0 aliphatic heterocycles. The fourth-order valence-electron chi connectivity index (χ4n) is 2.33. The molecule has 0 bridgehead atoms. The Morgan fingerprint density at radius 3 is 2.59 bits per heavy atom. The minimum atomic E-state index is -0.169. The number of hydrogen-bond acceptors (Lipinski definition) is 3. The van der Waals surface area contributed by atoms with E-state index in [4.69, 9.17) is 4.74 Å². The van der Waals surface area contributed by atoms with Gasteiger partial charge in [0.1, 0.15) is 0 Å². The molecule has 1 aromatic heterocycles. The lowest BCUT2D eigenvalue weighted by Gasteiger charge is -2.07. The third kappa shape index (κ3) is 5.72. The number of rotatable bonds is 8. The molecule has 4 nitrogen and oxygen atoms in total. The van der Waals surface area contributed by atoms with Gasteiger partial charge in [-0.1, -0.05) is 38.1 Å². The van der Waals surface area contributed by atoms with Crippen molar-refractivity contribution in [3.8, 4) is 0 Å². The molecule has 0 saturated carbocycles. The van der Waals surface area contributed by atoms with Gasteiger partial charge in [-0.3, -0.25) is 9.48 Å². The van der Waals surface area contributed by atoms with Gasteiger partial charge >= 0.3 is 5.97 Å². The van der Waals surface area contributed by atoms with E-state index in [0.717, 1.165) is 24.9 Å². The van der Waals surface area contributed by atoms with Gasteiger partial charge in [-0.2, -0.15) is 5.10 Å². The first-order valence-corrected chi connectivity index (χ1v) is 7.84. The average molecular weight is 300 g/mol. The van der Waals surface area contributed by atoms with Crippen LogP contribution in [0.1, 0.15) is 31.4 Å². The van der Waals surface area contributed by atoms with Gasteiger partial charge in [0.25, 0.3) is 0 Å². The summed E-state index contributed by atoms with van der Waals surface area (Å²) in [4.78, 5) is 11.8. The maximum Gasteiger partial charge on any atom is 0.310 e. The largest absolute Gasteiger partial charge is 0.465 e. The monoisotopic (exact) mass is 300 g/mol. The standard InChI is InChI=1S/C18H24N2O2/c1-15(2)13-16-5-7-17(8-6-16)14-18(21)22-12-4-11-20-10-3-9-19-20/h3,5-10,15H,4,11-14H2,1-2H3. The summed E-state index contributed by atoms with van der Waals surface area (Å²) in [5.41, 5.74) is 2.32. The van der Waals surface area contributed by atoms with E-state index in [-0.39, 0.29) is 5.97 Å². The minimum Gasteiger partial charge on any atom is -0.465 e. The first-order chi connectivity index (χ1) is 10.6. The number of aromatic nitrogens is 2. The van der Waals surface area contributed by atoms with Gasteiger partial charge in [-0.15, -0.1) is 0 Å². The molecule has 1 heterocycles. The van der Waals surface area contributed by atoms with Crippen molar-refractivity contribution in [2.75, 3.05) is 6.61 Å². The summed E-state index contributed by atoms with van der Waals surface area (Å²) in [5.74, 6) is 0.475. The molecule has 0 unspecified atom stereocenters. The van der Waals surface area contributed by atoms with E-state index in [0.29, 0.717) is 18.9 Å². The highest BCUT2D eigenvalue weighted by molar-refractivity contribution is 5.72. The number of benzene rings is 1.